The average molecular weight is 595 g/mol. The number of β-amino-alcohol motifs (C(OH)–C–C–N with tert-alkyl or cyclic N) is 1. The van der Waals surface area contributed by atoms with Crippen molar-refractivity contribution in [1.29, 1.82) is 0 Å². The fraction of sp³-hybridized carbons (Fsp3) is 0.222. The Morgan fingerprint density at radius 1 is 1.12 bits per heavy atom. The number of carbonyl (C=O) groups excluding carboxylic acids is 3. The molecule has 0 saturated heterocycles. The van der Waals surface area contributed by atoms with Crippen LogP contribution in [0, 0.1) is 11.6 Å². The van der Waals surface area contributed by atoms with Gasteiger partial charge in [-0.15, -0.1) is 0 Å². The van der Waals surface area contributed by atoms with Crippen LogP contribution in [-0.2, 0) is 16.8 Å². The second-order valence-electron chi connectivity index (χ2n) is 9.61. The molecule has 2 unspecified atom stereocenters. The lowest BCUT2D eigenvalue weighted by atomic mass is 9.89. The monoisotopic (exact) mass is 594 g/mol. The third-order valence-corrected chi connectivity index (χ3v) is 7.47. The Hall–Kier alpha value is -4.23. The molecule has 14 heteroatoms. The molecule has 4 N–H and O–H groups in total. The van der Waals surface area contributed by atoms with Gasteiger partial charge < -0.3 is 21.1 Å². The normalized spacial score (nSPS) is 23.1. The number of halogens is 6. The lowest BCUT2D eigenvalue weighted by Crippen LogP contribution is -2.48. The first-order valence-electron chi connectivity index (χ1n) is 13.0. The molecule has 0 saturated carbocycles. The van der Waals surface area contributed by atoms with E-state index < -0.39 is 65.0 Å². The van der Waals surface area contributed by atoms with Crippen LogP contribution in [0.4, 0.5) is 43.8 Å². The maximum absolute atomic E-state index is 14.2. The molecule has 212 valence electrons. The highest BCUT2D eigenvalue weighted by Crippen LogP contribution is 2.49. The molecule has 0 spiro atoms. The summed E-state index contributed by atoms with van der Waals surface area (Å²) in [6, 6.07) is 3.56. The zero-order chi connectivity index (χ0) is 31.2. The van der Waals surface area contributed by atoms with E-state index in [1.54, 1.807) is 0 Å². The number of anilines is 3. The number of alkyl halides is 3. The maximum Gasteiger partial charge on any atom is 0.423 e. The van der Waals surface area contributed by atoms with Crippen LogP contribution < -0.4 is 20.9 Å². The van der Waals surface area contributed by atoms with E-state index in [0.29, 0.717) is 17.7 Å². The number of carbonyl (C=O) groups is 3. The lowest BCUT2D eigenvalue weighted by Gasteiger charge is -2.27. The van der Waals surface area contributed by atoms with Crippen molar-refractivity contribution in [2.24, 2.45) is 0 Å². The quantitative estimate of drug-likeness (QED) is 0.308. The van der Waals surface area contributed by atoms with Gasteiger partial charge in [0.2, 0.25) is 11.5 Å². The highest BCUT2D eigenvalue weighted by Gasteiger charge is 2.61. The molecule has 0 aromatic heterocycles. The molecule has 8 nitrogen and oxygen atoms in total. The minimum Gasteiger partial charge on any atom is -0.375 e. The van der Waals surface area contributed by atoms with Crippen LogP contribution in [0.15, 0.2) is 42.5 Å². The predicted octanol–water partition coefficient (Wildman–Crippen LogP) is 5.14. The van der Waals surface area contributed by atoms with Crippen LogP contribution in [-0.4, -0.2) is 35.6 Å². The number of nitrogens with one attached hydrogen (secondary N) is 3. The molecule has 0 fully saturated rings. The number of aliphatic hydroxyl groups is 1. The Labute approximate surface area is 235 Å². The van der Waals surface area contributed by atoms with E-state index >= 15 is 0 Å². The molecule has 41 heavy (non-hydrogen) atoms. The van der Waals surface area contributed by atoms with Crippen molar-refractivity contribution >= 4 is 46.5 Å². The zero-order valence-corrected chi connectivity index (χ0v) is 21.2. The van der Waals surface area contributed by atoms with Gasteiger partial charge in [0.1, 0.15) is 11.6 Å². The lowest BCUT2D eigenvalue weighted by molar-refractivity contribution is -0.258. The Kier molecular flexibility index (Phi) is 5.48. The number of rotatable bonds is 2. The van der Waals surface area contributed by atoms with Gasteiger partial charge in [-0.2, -0.15) is 13.2 Å². The summed E-state index contributed by atoms with van der Waals surface area (Å²) in [5.74, 6) is -3.02. The Morgan fingerprint density at radius 2 is 1.83 bits per heavy atom. The molecule has 3 aliphatic rings. The predicted molar refractivity (Wildman–Crippen MR) is 137 cm³/mol. The van der Waals surface area contributed by atoms with Gasteiger partial charge in [-0.05, 0) is 54.4 Å². The van der Waals surface area contributed by atoms with Crippen LogP contribution in [0.25, 0.3) is 0 Å². The number of hydrogen-bond acceptors (Lipinski definition) is 4. The van der Waals surface area contributed by atoms with Crippen molar-refractivity contribution in [2.45, 2.75) is 30.7 Å². The van der Waals surface area contributed by atoms with E-state index in [1.165, 1.54) is 12.1 Å². The third-order valence-electron chi connectivity index (χ3n) is 7.13. The van der Waals surface area contributed by atoms with Crippen LogP contribution in [0.1, 0.15) is 47.8 Å². The number of fused-ring (bicyclic) bond motifs is 4. The van der Waals surface area contributed by atoms with Crippen molar-refractivity contribution in [3.05, 3.63) is 86.9 Å². The smallest absolute Gasteiger partial charge is 0.375 e. The average Bonchev–Trinajstić information content (AvgIpc) is 3.35. The van der Waals surface area contributed by atoms with Crippen molar-refractivity contribution in [3.8, 4) is 0 Å². The summed E-state index contributed by atoms with van der Waals surface area (Å²) in [5.41, 5.74) is -6.00. The SMILES string of the molecule is [2H]C1([2H])N(C(=O)Nc2cc3c(c4c2C(c2cc(F)ccc2Cl)NC4=O)CCC(=O)N3)c2ccc(F)cc2C1(O)C(F)(F)F. The molecule has 0 bridgehead atoms. The molecule has 3 aromatic rings. The summed E-state index contributed by atoms with van der Waals surface area (Å²) < 4.78 is 87.3. The van der Waals surface area contributed by atoms with E-state index in [1.807, 2.05) is 0 Å². The van der Waals surface area contributed by atoms with Crippen LogP contribution in [0.2, 0.25) is 5.02 Å². The molecule has 6 rings (SSSR count). The zero-order valence-electron chi connectivity index (χ0n) is 22.4. The largest absolute Gasteiger partial charge is 0.423 e. The summed E-state index contributed by atoms with van der Waals surface area (Å²) in [7, 11) is 0. The number of benzene rings is 3. The van der Waals surface area contributed by atoms with Gasteiger partial charge in [0.15, 0.2) is 0 Å². The maximum atomic E-state index is 14.2. The number of hydrogen-bond donors (Lipinski definition) is 4. The number of nitrogens with zero attached hydrogens (tertiary/aromatic N) is 1. The molecule has 2 atom stereocenters. The van der Waals surface area contributed by atoms with E-state index in [0.717, 1.165) is 12.1 Å². The van der Waals surface area contributed by atoms with Crippen LogP contribution in [0.3, 0.4) is 0 Å². The standard InChI is InChI=1S/C27H18ClF5N4O4/c28-16-4-1-11(29)7-14(16)23-22-18(9-17-13(3-6-20(38)34-17)21(22)24(39)36-23)35-25(40)37-10-26(41,27(31,32)33)15-8-12(30)2-5-19(15)37/h1-2,4-5,7-9,23,41H,3,6,10H2,(H,34,38)(H,35,40)(H,36,39)/i10D2. The van der Waals surface area contributed by atoms with Crippen molar-refractivity contribution in [3.63, 3.8) is 0 Å². The van der Waals surface area contributed by atoms with E-state index in [9.17, 15) is 41.4 Å². The first-order valence-corrected chi connectivity index (χ1v) is 12.4. The summed E-state index contributed by atoms with van der Waals surface area (Å²) >= 11 is 6.31. The highest BCUT2D eigenvalue weighted by molar-refractivity contribution is 6.31. The Balaban J connectivity index is 1.52. The molecule has 4 amide bonds. The number of urea groups is 1. The molecular weight excluding hydrogens is 575 g/mol. The van der Waals surface area contributed by atoms with Gasteiger partial charge in [0, 0.05) is 33.8 Å². The molecular formula is C27H18ClF5N4O4. The summed E-state index contributed by atoms with van der Waals surface area (Å²) in [6.45, 7) is -3.89. The van der Waals surface area contributed by atoms with Gasteiger partial charge in [-0.1, -0.05) is 11.6 Å². The van der Waals surface area contributed by atoms with Gasteiger partial charge >= 0.3 is 12.2 Å². The first-order chi connectivity index (χ1) is 20.1. The van der Waals surface area contributed by atoms with Crippen molar-refractivity contribution < 1.29 is 44.2 Å². The van der Waals surface area contributed by atoms with E-state index in [2.05, 4.69) is 16.0 Å². The highest BCUT2D eigenvalue weighted by atomic mass is 35.5. The summed E-state index contributed by atoms with van der Waals surface area (Å²) in [4.78, 5) is 39.1. The van der Waals surface area contributed by atoms with Crippen LogP contribution >= 0.6 is 11.6 Å². The Bertz CT molecular complexity index is 1770. The molecule has 3 aliphatic heterocycles. The van der Waals surface area contributed by atoms with Crippen molar-refractivity contribution in [1.82, 2.24) is 5.32 Å². The molecule has 0 radical (unpaired) electrons. The minimum atomic E-state index is -5.69. The molecule has 0 aliphatic carbocycles. The van der Waals surface area contributed by atoms with Gasteiger partial charge in [0.25, 0.3) is 5.91 Å². The topological polar surface area (TPSA) is 111 Å². The minimum absolute atomic E-state index is 0.00294. The summed E-state index contributed by atoms with van der Waals surface area (Å²) in [5, 5.41) is 18.2. The van der Waals surface area contributed by atoms with Crippen molar-refractivity contribution in [2.75, 3.05) is 22.0 Å². The second-order valence-corrected chi connectivity index (χ2v) is 10.0. The number of amides is 4. The molecule has 3 heterocycles. The van der Waals surface area contributed by atoms with Gasteiger partial charge in [0.05, 0.1) is 32.2 Å². The fourth-order valence-corrected chi connectivity index (χ4v) is 5.52. The van der Waals surface area contributed by atoms with Gasteiger partial charge in [-0.25, -0.2) is 13.6 Å². The molecule has 3 aromatic carbocycles. The van der Waals surface area contributed by atoms with E-state index in [4.69, 9.17) is 14.3 Å². The first kappa shape index (κ1) is 24.6. The fourth-order valence-electron chi connectivity index (χ4n) is 5.29. The summed E-state index contributed by atoms with van der Waals surface area (Å²) in [6.07, 6.45) is -5.57. The van der Waals surface area contributed by atoms with Crippen LogP contribution in [0.5, 0.6) is 0 Å². The third kappa shape index (κ3) is 4.18. The van der Waals surface area contributed by atoms with Gasteiger partial charge in [-0.3, -0.25) is 14.5 Å². The second kappa shape index (κ2) is 9.14. The van der Waals surface area contributed by atoms with E-state index in [-0.39, 0.29) is 56.9 Å². The Morgan fingerprint density at radius 3 is 2.56 bits per heavy atom.